The first-order chi connectivity index (χ1) is 13.5. The molecule has 1 aromatic heterocycles. The van der Waals surface area contributed by atoms with Crippen molar-refractivity contribution in [3.05, 3.63) is 71.5 Å². The van der Waals surface area contributed by atoms with Crippen molar-refractivity contribution in [1.29, 1.82) is 0 Å². The van der Waals surface area contributed by atoms with Gasteiger partial charge < -0.3 is 20.5 Å². The molecule has 1 atom stereocenters. The van der Waals surface area contributed by atoms with Crippen molar-refractivity contribution in [1.82, 2.24) is 4.98 Å². The number of aromatic nitrogens is 2. The number of hydrogen-bond donors (Lipinski definition) is 3. The summed E-state index contributed by atoms with van der Waals surface area (Å²) in [6.07, 6.45) is 2.76. The van der Waals surface area contributed by atoms with Gasteiger partial charge in [-0.25, -0.2) is 4.57 Å². The Kier molecular flexibility index (Phi) is 4.88. The van der Waals surface area contributed by atoms with E-state index >= 15 is 0 Å². The quantitative estimate of drug-likeness (QED) is 0.460. The molecule has 0 spiro atoms. The number of quaternary nitrogens is 1. The Morgan fingerprint density at radius 1 is 1.18 bits per heavy atom. The highest BCUT2D eigenvalue weighted by molar-refractivity contribution is 5.62. The minimum absolute atomic E-state index is 0.0972. The van der Waals surface area contributed by atoms with Crippen molar-refractivity contribution in [3.63, 3.8) is 0 Å². The van der Waals surface area contributed by atoms with Crippen LogP contribution in [0.1, 0.15) is 29.0 Å². The summed E-state index contributed by atoms with van der Waals surface area (Å²) in [6, 6.07) is 15.4. The molecule has 0 amide bonds. The Bertz CT molecular complexity index is 989. The summed E-state index contributed by atoms with van der Waals surface area (Å²) in [5.41, 5.74) is 9.59. The minimum Gasteiger partial charge on any atom is -0.508 e. The van der Waals surface area contributed by atoms with Crippen LogP contribution in [-0.2, 0) is 6.54 Å². The SMILES string of the molecule is C[NH+](C)CCC[n+]1cnc2c(c1N)[C@H](c1ccccc1)c1ccc(O)cc1O2. The van der Waals surface area contributed by atoms with Gasteiger partial charge in [0, 0.05) is 18.1 Å². The molecule has 4 rings (SSSR count). The number of phenolic OH excluding ortho intramolecular Hbond substituents is 1. The Morgan fingerprint density at radius 3 is 2.71 bits per heavy atom. The van der Waals surface area contributed by atoms with E-state index in [9.17, 15) is 5.11 Å². The molecule has 6 nitrogen and oxygen atoms in total. The molecule has 28 heavy (non-hydrogen) atoms. The van der Waals surface area contributed by atoms with E-state index in [4.69, 9.17) is 10.5 Å². The number of nitrogens with two attached hydrogens (primary N) is 1. The first kappa shape index (κ1) is 18.3. The summed E-state index contributed by atoms with van der Waals surface area (Å²) in [5.74, 6) is 1.85. The van der Waals surface area contributed by atoms with Gasteiger partial charge in [-0.1, -0.05) is 41.4 Å². The molecule has 2 heterocycles. The van der Waals surface area contributed by atoms with E-state index in [1.54, 1.807) is 18.5 Å². The highest BCUT2D eigenvalue weighted by Gasteiger charge is 2.36. The summed E-state index contributed by atoms with van der Waals surface area (Å²) in [4.78, 5) is 5.96. The molecule has 3 aromatic rings. The van der Waals surface area contributed by atoms with Gasteiger partial charge >= 0.3 is 5.88 Å². The first-order valence-corrected chi connectivity index (χ1v) is 9.57. The van der Waals surface area contributed by atoms with Gasteiger partial charge in [0.25, 0.3) is 0 Å². The number of benzene rings is 2. The molecule has 4 N–H and O–H groups in total. The number of nitrogens with zero attached hydrogens (tertiary/aromatic N) is 2. The molecule has 0 unspecified atom stereocenters. The number of fused-ring (bicyclic) bond motifs is 2. The Labute approximate surface area is 164 Å². The normalized spacial score (nSPS) is 15.0. The molecule has 2 aromatic carbocycles. The summed E-state index contributed by atoms with van der Waals surface area (Å²) >= 11 is 0. The van der Waals surface area contributed by atoms with E-state index in [2.05, 4.69) is 31.2 Å². The molecule has 0 radical (unpaired) electrons. The topological polar surface area (TPSA) is 76.7 Å². The van der Waals surface area contributed by atoms with Gasteiger partial charge in [-0.05, 0) is 11.6 Å². The molecule has 1 aliphatic heterocycles. The largest absolute Gasteiger partial charge is 0.508 e. The van der Waals surface area contributed by atoms with E-state index < -0.39 is 0 Å². The third-order valence-corrected chi connectivity index (χ3v) is 5.14. The lowest BCUT2D eigenvalue weighted by Gasteiger charge is -2.27. The zero-order valence-electron chi connectivity index (χ0n) is 16.2. The van der Waals surface area contributed by atoms with Crippen LogP contribution in [0.25, 0.3) is 0 Å². The van der Waals surface area contributed by atoms with Gasteiger partial charge in [0.1, 0.15) is 17.1 Å². The Hall–Kier alpha value is -3.12. The number of aryl methyl sites for hydroxylation is 1. The standard InChI is InChI=1S/C22H24N4O2/c1-25(2)11-6-12-26-14-24-22-20(21(26)23)19(15-7-4-3-5-8-15)17-10-9-16(27)13-18(17)28-22/h3-5,7-10,13-14,19,23,27H,6,11-12H2,1-2H3/p+2/t19-/m1/s1. The lowest BCUT2D eigenvalue weighted by molar-refractivity contribution is -0.861. The van der Waals surface area contributed by atoms with Crippen LogP contribution in [0.3, 0.4) is 0 Å². The van der Waals surface area contributed by atoms with Crippen molar-refractivity contribution >= 4 is 5.82 Å². The predicted octanol–water partition coefficient (Wildman–Crippen LogP) is 1.48. The number of phenols is 1. The molecule has 0 bridgehead atoms. The summed E-state index contributed by atoms with van der Waals surface area (Å²) in [5, 5.41) is 9.90. The van der Waals surface area contributed by atoms with E-state index in [1.807, 2.05) is 28.8 Å². The van der Waals surface area contributed by atoms with Crippen molar-refractivity contribution in [2.75, 3.05) is 26.4 Å². The molecule has 6 heteroatoms. The highest BCUT2D eigenvalue weighted by atomic mass is 16.5. The Morgan fingerprint density at radius 2 is 1.96 bits per heavy atom. The second-order valence-corrected chi connectivity index (χ2v) is 7.52. The van der Waals surface area contributed by atoms with Crippen molar-refractivity contribution < 1.29 is 19.3 Å². The monoisotopic (exact) mass is 378 g/mol. The fourth-order valence-electron chi connectivity index (χ4n) is 3.75. The fraction of sp³-hybridized carbons (Fsp3) is 0.273. The van der Waals surface area contributed by atoms with Gasteiger partial charge in [0.15, 0.2) is 0 Å². The maximum atomic E-state index is 9.90. The second kappa shape index (κ2) is 7.48. The van der Waals surface area contributed by atoms with E-state index in [1.165, 1.54) is 4.90 Å². The molecule has 144 valence electrons. The number of ether oxygens (including phenoxy) is 1. The maximum Gasteiger partial charge on any atom is 0.306 e. The van der Waals surface area contributed by atoms with E-state index in [0.717, 1.165) is 36.2 Å². The predicted molar refractivity (Wildman–Crippen MR) is 107 cm³/mol. The summed E-state index contributed by atoms with van der Waals surface area (Å²) < 4.78 is 8.03. The van der Waals surface area contributed by atoms with Gasteiger partial charge in [-0.3, -0.25) is 0 Å². The molecule has 0 saturated carbocycles. The smallest absolute Gasteiger partial charge is 0.306 e. The lowest BCUT2D eigenvalue weighted by Crippen LogP contribution is -3.05. The van der Waals surface area contributed by atoms with Crippen LogP contribution in [0.4, 0.5) is 5.82 Å². The lowest BCUT2D eigenvalue weighted by atomic mass is 9.83. The third kappa shape index (κ3) is 3.39. The number of anilines is 1. The van der Waals surface area contributed by atoms with Crippen LogP contribution in [0.2, 0.25) is 0 Å². The summed E-state index contributed by atoms with van der Waals surface area (Å²) in [7, 11) is 4.29. The zero-order valence-corrected chi connectivity index (χ0v) is 16.2. The number of nitrogens with one attached hydrogen (secondary N) is 1. The van der Waals surface area contributed by atoms with E-state index in [-0.39, 0.29) is 11.7 Å². The van der Waals surface area contributed by atoms with Gasteiger partial charge in [0.2, 0.25) is 12.1 Å². The minimum atomic E-state index is -0.0972. The molecular weight excluding hydrogens is 352 g/mol. The third-order valence-electron chi connectivity index (χ3n) is 5.14. The van der Waals surface area contributed by atoms with Crippen LogP contribution in [0, 0.1) is 0 Å². The van der Waals surface area contributed by atoms with Crippen LogP contribution in [0.15, 0.2) is 54.9 Å². The van der Waals surface area contributed by atoms with Crippen LogP contribution >= 0.6 is 0 Å². The van der Waals surface area contributed by atoms with Gasteiger partial charge in [0.05, 0.1) is 33.1 Å². The molecule has 0 saturated heterocycles. The van der Waals surface area contributed by atoms with Crippen LogP contribution in [-0.4, -0.2) is 30.7 Å². The number of nitrogen functional groups attached to an aromatic ring is 1. The van der Waals surface area contributed by atoms with Gasteiger partial charge in [-0.2, -0.15) is 0 Å². The molecule has 0 aliphatic carbocycles. The van der Waals surface area contributed by atoms with Crippen LogP contribution in [0.5, 0.6) is 17.4 Å². The first-order valence-electron chi connectivity index (χ1n) is 9.57. The number of rotatable bonds is 5. The summed E-state index contributed by atoms with van der Waals surface area (Å²) in [6.45, 7) is 1.87. The highest BCUT2D eigenvalue weighted by Crippen LogP contribution is 2.48. The molecule has 1 aliphatic rings. The van der Waals surface area contributed by atoms with E-state index in [0.29, 0.717) is 17.4 Å². The molecular formula is C22H26N4O2+2. The number of hydrogen-bond acceptors (Lipinski definition) is 4. The van der Waals surface area contributed by atoms with Crippen molar-refractivity contribution in [2.24, 2.45) is 0 Å². The zero-order chi connectivity index (χ0) is 19.7. The second-order valence-electron chi connectivity index (χ2n) is 7.52. The van der Waals surface area contributed by atoms with Crippen molar-refractivity contribution in [3.8, 4) is 17.4 Å². The molecule has 0 fully saturated rings. The maximum absolute atomic E-state index is 9.90. The fourth-order valence-corrected chi connectivity index (χ4v) is 3.75. The van der Waals surface area contributed by atoms with Gasteiger partial charge in [-0.15, -0.1) is 0 Å². The number of aromatic hydroxyl groups is 1. The average Bonchev–Trinajstić information content (AvgIpc) is 2.68. The van der Waals surface area contributed by atoms with Crippen molar-refractivity contribution in [2.45, 2.75) is 18.9 Å². The Balaban J connectivity index is 1.82. The van der Waals surface area contributed by atoms with Crippen LogP contribution < -0.4 is 19.9 Å². The average molecular weight is 378 g/mol.